The average molecular weight is 508 g/mol. The van der Waals surface area contributed by atoms with Gasteiger partial charge in [-0.2, -0.15) is 0 Å². The molecule has 8 heteroatoms. The van der Waals surface area contributed by atoms with Crippen LogP contribution in [0.25, 0.3) is 0 Å². The molecule has 0 bridgehead atoms. The van der Waals surface area contributed by atoms with Crippen molar-refractivity contribution >= 4 is 27.5 Å². The van der Waals surface area contributed by atoms with E-state index in [1.807, 2.05) is 63.2 Å². The van der Waals surface area contributed by atoms with Gasteiger partial charge in [-0.15, -0.1) is 0 Å². The summed E-state index contributed by atoms with van der Waals surface area (Å²) in [6.07, 6.45) is 0. The molecular formula is C28H33N3O4S. The van der Waals surface area contributed by atoms with Gasteiger partial charge >= 0.3 is 0 Å². The van der Waals surface area contributed by atoms with Gasteiger partial charge in [-0.25, -0.2) is 8.42 Å². The molecule has 2 amide bonds. The predicted octanol–water partition coefficient (Wildman–Crippen LogP) is 3.97. The maximum absolute atomic E-state index is 13.8. The van der Waals surface area contributed by atoms with E-state index < -0.39 is 28.5 Å². The predicted molar refractivity (Wildman–Crippen MR) is 142 cm³/mol. The molecule has 7 nitrogen and oxygen atoms in total. The third-order valence-corrected chi connectivity index (χ3v) is 7.89. The molecule has 0 heterocycles. The van der Waals surface area contributed by atoms with Crippen LogP contribution in [-0.4, -0.2) is 44.8 Å². The monoisotopic (exact) mass is 507 g/mol. The first-order valence-corrected chi connectivity index (χ1v) is 13.2. The Morgan fingerprint density at radius 1 is 0.889 bits per heavy atom. The van der Waals surface area contributed by atoms with Gasteiger partial charge in [0.15, 0.2) is 0 Å². The van der Waals surface area contributed by atoms with Gasteiger partial charge in [0.25, 0.3) is 10.0 Å². The number of likely N-dealkylation sites (N-methyl/N-ethyl adjacent to an activating group) is 1. The Hall–Kier alpha value is -3.65. The van der Waals surface area contributed by atoms with E-state index in [2.05, 4.69) is 5.32 Å². The van der Waals surface area contributed by atoms with E-state index in [4.69, 9.17) is 0 Å². The number of hydrogen-bond acceptors (Lipinski definition) is 4. The topological polar surface area (TPSA) is 86.8 Å². The van der Waals surface area contributed by atoms with Crippen LogP contribution in [0.4, 0.5) is 5.69 Å². The Bertz CT molecular complexity index is 1320. The van der Waals surface area contributed by atoms with Crippen molar-refractivity contribution in [2.75, 3.05) is 17.9 Å². The van der Waals surface area contributed by atoms with E-state index in [1.165, 1.54) is 11.9 Å². The van der Waals surface area contributed by atoms with Crippen molar-refractivity contribution in [1.82, 2.24) is 10.2 Å². The Labute approximate surface area is 213 Å². The maximum atomic E-state index is 13.8. The van der Waals surface area contributed by atoms with Crippen LogP contribution in [0.2, 0.25) is 0 Å². The Morgan fingerprint density at radius 3 is 2.08 bits per heavy atom. The molecule has 3 rings (SSSR count). The SMILES string of the molecule is CNC(=O)[C@H](C)N(Cc1ccccc1)C(=O)CN(c1ccc(C)cc1C)S(=O)(=O)c1ccc(C)cc1. The van der Waals surface area contributed by atoms with Gasteiger partial charge < -0.3 is 10.2 Å². The normalized spacial score (nSPS) is 12.0. The average Bonchev–Trinajstić information content (AvgIpc) is 2.86. The highest BCUT2D eigenvalue weighted by atomic mass is 32.2. The van der Waals surface area contributed by atoms with Gasteiger partial charge in [0.1, 0.15) is 12.6 Å². The second kappa shape index (κ2) is 11.4. The fourth-order valence-corrected chi connectivity index (χ4v) is 5.49. The first-order chi connectivity index (χ1) is 17.0. The molecular weight excluding hydrogens is 474 g/mol. The van der Waals surface area contributed by atoms with Crippen LogP contribution in [0.3, 0.4) is 0 Å². The molecule has 0 saturated heterocycles. The van der Waals surface area contributed by atoms with Crippen molar-refractivity contribution in [3.8, 4) is 0 Å². The molecule has 1 atom stereocenters. The largest absolute Gasteiger partial charge is 0.357 e. The fourth-order valence-electron chi connectivity index (χ4n) is 4.01. The molecule has 0 aliphatic carbocycles. The smallest absolute Gasteiger partial charge is 0.264 e. The zero-order chi connectivity index (χ0) is 26.5. The van der Waals surface area contributed by atoms with Crippen LogP contribution < -0.4 is 9.62 Å². The summed E-state index contributed by atoms with van der Waals surface area (Å²) in [7, 11) is -2.57. The molecule has 0 aromatic heterocycles. The van der Waals surface area contributed by atoms with E-state index in [0.29, 0.717) is 5.69 Å². The van der Waals surface area contributed by atoms with E-state index in [1.54, 1.807) is 37.3 Å². The van der Waals surface area contributed by atoms with Crippen molar-refractivity contribution in [3.05, 3.63) is 95.1 Å². The van der Waals surface area contributed by atoms with E-state index in [-0.39, 0.29) is 17.3 Å². The van der Waals surface area contributed by atoms with Gasteiger partial charge in [-0.05, 0) is 57.0 Å². The molecule has 0 saturated carbocycles. The Morgan fingerprint density at radius 2 is 1.50 bits per heavy atom. The van der Waals surface area contributed by atoms with Crippen LogP contribution in [-0.2, 0) is 26.2 Å². The highest BCUT2D eigenvalue weighted by Gasteiger charge is 2.32. The third kappa shape index (κ3) is 6.12. The van der Waals surface area contributed by atoms with Crippen molar-refractivity contribution in [2.45, 2.75) is 45.2 Å². The molecule has 3 aromatic rings. The summed E-state index contributed by atoms with van der Waals surface area (Å²) in [6.45, 7) is 6.97. The second-order valence-electron chi connectivity index (χ2n) is 8.91. The third-order valence-electron chi connectivity index (χ3n) is 6.12. The molecule has 36 heavy (non-hydrogen) atoms. The van der Waals surface area contributed by atoms with Crippen LogP contribution >= 0.6 is 0 Å². The second-order valence-corrected chi connectivity index (χ2v) is 10.8. The van der Waals surface area contributed by atoms with Gasteiger partial charge in [0.05, 0.1) is 10.6 Å². The van der Waals surface area contributed by atoms with Gasteiger partial charge in [-0.1, -0.05) is 65.7 Å². The molecule has 190 valence electrons. The molecule has 0 aliphatic heterocycles. The zero-order valence-electron chi connectivity index (χ0n) is 21.4. The van der Waals surface area contributed by atoms with Crippen molar-refractivity contribution in [2.24, 2.45) is 0 Å². The van der Waals surface area contributed by atoms with Crippen molar-refractivity contribution < 1.29 is 18.0 Å². The number of anilines is 1. The summed E-state index contributed by atoms with van der Waals surface area (Å²) < 4.78 is 28.8. The lowest BCUT2D eigenvalue weighted by Gasteiger charge is -2.32. The number of hydrogen-bond donors (Lipinski definition) is 1. The minimum Gasteiger partial charge on any atom is -0.357 e. The van der Waals surface area contributed by atoms with E-state index in [9.17, 15) is 18.0 Å². The molecule has 1 N–H and O–H groups in total. The number of aryl methyl sites for hydroxylation is 3. The Balaban J connectivity index is 2.06. The summed E-state index contributed by atoms with van der Waals surface area (Å²) in [4.78, 5) is 27.8. The summed E-state index contributed by atoms with van der Waals surface area (Å²) in [5.41, 5.74) is 3.89. The summed E-state index contributed by atoms with van der Waals surface area (Å²) in [5.74, 6) is -0.815. The van der Waals surface area contributed by atoms with E-state index >= 15 is 0 Å². The number of benzene rings is 3. The molecule has 3 aromatic carbocycles. The first kappa shape index (κ1) is 26.9. The molecule has 0 radical (unpaired) electrons. The molecule has 0 fully saturated rings. The van der Waals surface area contributed by atoms with Crippen LogP contribution in [0, 0.1) is 20.8 Å². The first-order valence-electron chi connectivity index (χ1n) is 11.8. The van der Waals surface area contributed by atoms with Gasteiger partial charge in [0, 0.05) is 13.6 Å². The number of sulfonamides is 1. The fraction of sp³-hybridized carbons (Fsp3) is 0.286. The number of nitrogens with zero attached hydrogens (tertiary/aromatic N) is 2. The minimum absolute atomic E-state index is 0.0924. The molecule has 0 spiro atoms. The summed E-state index contributed by atoms with van der Waals surface area (Å²) in [5, 5.41) is 2.58. The lowest BCUT2D eigenvalue weighted by Crippen LogP contribution is -2.50. The summed E-state index contributed by atoms with van der Waals surface area (Å²) >= 11 is 0. The lowest BCUT2D eigenvalue weighted by atomic mass is 10.1. The van der Waals surface area contributed by atoms with Gasteiger partial charge in [-0.3, -0.25) is 13.9 Å². The van der Waals surface area contributed by atoms with Crippen LogP contribution in [0.15, 0.2) is 77.7 Å². The number of nitrogens with one attached hydrogen (secondary N) is 1. The van der Waals surface area contributed by atoms with Crippen LogP contribution in [0.1, 0.15) is 29.2 Å². The summed E-state index contributed by atoms with van der Waals surface area (Å²) in [6, 6.07) is 20.5. The number of amides is 2. The minimum atomic E-state index is -4.07. The maximum Gasteiger partial charge on any atom is 0.264 e. The molecule has 0 unspecified atom stereocenters. The number of carbonyl (C=O) groups excluding carboxylic acids is 2. The van der Waals surface area contributed by atoms with E-state index in [0.717, 1.165) is 26.6 Å². The van der Waals surface area contributed by atoms with Crippen molar-refractivity contribution in [3.63, 3.8) is 0 Å². The number of rotatable bonds is 9. The lowest BCUT2D eigenvalue weighted by molar-refractivity contribution is -0.139. The highest BCUT2D eigenvalue weighted by molar-refractivity contribution is 7.92. The van der Waals surface area contributed by atoms with Gasteiger partial charge in [0.2, 0.25) is 11.8 Å². The Kier molecular flexibility index (Phi) is 8.53. The van der Waals surface area contributed by atoms with Crippen LogP contribution in [0.5, 0.6) is 0 Å². The molecule has 0 aliphatic rings. The highest BCUT2D eigenvalue weighted by Crippen LogP contribution is 2.28. The quantitative estimate of drug-likeness (QED) is 0.475. The zero-order valence-corrected chi connectivity index (χ0v) is 22.2. The number of carbonyl (C=O) groups is 2. The standard InChI is InChI=1S/C28H33N3O4S/c1-20-11-14-25(15-12-20)36(34,35)31(26-16-13-21(2)17-22(26)3)19-27(32)30(23(4)28(33)29-5)18-24-9-7-6-8-10-24/h6-17,23H,18-19H2,1-5H3,(H,29,33)/t23-/m0/s1. The van der Waals surface area contributed by atoms with Crippen molar-refractivity contribution in [1.29, 1.82) is 0 Å².